The molecule has 1 unspecified atom stereocenters. The van der Waals surface area contributed by atoms with Crippen molar-refractivity contribution in [1.29, 1.82) is 0 Å². The largest absolute Gasteiger partial charge is 0.393 e. The van der Waals surface area contributed by atoms with Crippen LogP contribution in [0.25, 0.3) is 0 Å². The van der Waals surface area contributed by atoms with Crippen LogP contribution in [0.4, 0.5) is 4.39 Å². The Morgan fingerprint density at radius 3 is 2.40 bits per heavy atom. The van der Waals surface area contributed by atoms with Gasteiger partial charge in [-0.2, -0.15) is 0 Å². The molecule has 0 radical (unpaired) electrons. The maximum Gasteiger partial charge on any atom is 0.249 e. The Labute approximate surface area is 147 Å². The molecule has 4 atom stereocenters. The van der Waals surface area contributed by atoms with E-state index in [9.17, 15) is 24.5 Å². The predicted molar refractivity (Wildman–Crippen MR) is 92.2 cm³/mol. The smallest absolute Gasteiger partial charge is 0.249 e. The summed E-state index contributed by atoms with van der Waals surface area (Å²) in [5.74, 6) is -1.39. The average Bonchev–Trinajstić information content (AvgIpc) is 2.87. The maximum atomic E-state index is 14.0. The van der Waals surface area contributed by atoms with Crippen LogP contribution in [0.5, 0.6) is 0 Å². The molecule has 0 aliphatic heterocycles. The zero-order chi connectivity index (χ0) is 18.6. The Hall–Kier alpha value is -1.50. The summed E-state index contributed by atoms with van der Waals surface area (Å²) >= 11 is 0. The topological polar surface area (TPSA) is 89.8 Å². The average molecular weight is 353 g/mol. The SMILES string of the molecule is CC(C)CC(O)C(=O)N[C@@H](Cc1ccccc1F)C1[C@@H](O)CC[C@@H]1O. The van der Waals surface area contributed by atoms with Crippen molar-refractivity contribution in [3.05, 3.63) is 35.6 Å². The fourth-order valence-electron chi connectivity index (χ4n) is 3.54. The molecule has 1 aromatic rings. The minimum Gasteiger partial charge on any atom is -0.393 e. The summed E-state index contributed by atoms with van der Waals surface area (Å²) in [6.07, 6.45) is -1.38. The van der Waals surface area contributed by atoms with E-state index in [0.29, 0.717) is 24.8 Å². The second-order valence-electron chi connectivity index (χ2n) is 7.35. The van der Waals surface area contributed by atoms with E-state index >= 15 is 0 Å². The third-order valence-corrected chi connectivity index (χ3v) is 4.83. The van der Waals surface area contributed by atoms with Crippen LogP contribution in [0.15, 0.2) is 24.3 Å². The molecule has 5 nitrogen and oxygen atoms in total. The van der Waals surface area contributed by atoms with Crippen molar-refractivity contribution in [2.45, 2.75) is 63.9 Å². The molecular weight excluding hydrogens is 325 g/mol. The molecule has 0 heterocycles. The number of nitrogens with one attached hydrogen (secondary N) is 1. The number of carbonyl (C=O) groups excluding carboxylic acids is 1. The zero-order valence-electron chi connectivity index (χ0n) is 14.7. The van der Waals surface area contributed by atoms with Gasteiger partial charge in [-0.1, -0.05) is 32.0 Å². The molecule has 0 aromatic heterocycles. The molecule has 1 fully saturated rings. The molecule has 6 heteroatoms. The molecule has 1 amide bonds. The van der Waals surface area contributed by atoms with E-state index in [4.69, 9.17) is 0 Å². The van der Waals surface area contributed by atoms with Crippen molar-refractivity contribution in [2.75, 3.05) is 0 Å². The summed E-state index contributed by atoms with van der Waals surface area (Å²) < 4.78 is 14.0. The predicted octanol–water partition coefficient (Wildman–Crippen LogP) is 1.39. The molecule has 0 spiro atoms. The van der Waals surface area contributed by atoms with Gasteiger partial charge in [0, 0.05) is 12.0 Å². The first kappa shape index (κ1) is 19.8. The first-order valence-corrected chi connectivity index (χ1v) is 8.87. The van der Waals surface area contributed by atoms with Crippen molar-refractivity contribution in [1.82, 2.24) is 5.32 Å². The highest BCUT2D eigenvalue weighted by Crippen LogP contribution is 2.31. The molecule has 2 rings (SSSR count). The fourth-order valence-corrected chi connectivity index (χ4v) is 3.54. The lowest BCUT2D eigenvalue weighted by atomic mass is 9.88. The second-order valence-corrected chi connectivity index (χ2v) is 7.35. The van der Waals surface area contributed by atoms with Crippen molar-refractivity contribution in [3.8, 4) is 0 Å². The quantitative estimate of drug-likeness (QED) is 0.596. The molecular formula is C19H28FNO4. The van der Waals surface area contributed by atoms with Crippen LogP contribution in [0.1, 0.15) is 38.7 Å². The Morgan fingerprint density at radius 1 is 1.24 bits per heavy atom. The number of amides is 1. The van der Waals surface area contributed by atoms with Crippen molar-refractivity contribution in [3.63, 3.8) is 0 Å². The van der Waals surface area contributed by atoms with Gasteiger partial charge in [0.1, 0.15) is 11.9 Å². The number of aliphatic hydroxyl groups is 3. The van der Waals surface area contributed by atoms with Gasteiger partial charge in [-0.15, -0.1) is 0 Å². The summed E-state index contributed by atoms with van der Waals surface area (Å²) in [4.78, 5) is 12.3. The minimum absolute atomic E-state index is 0.144. The Balaban J connectivity index is 2.17. The monoisotopic (exact) mass is 353 g/mol. The van der Waals surface area contributed by atoms with Crippen LogP contribution in [-0.2, 0) is 11.2 Å². The zero-order valence-corrected chi connectivity index (χ0v) is 14.7. The molecule has 1 aliphatic rings. The van der Waals surface area contributed by atoms with Gasteiger partial charge in [0.25, 0.3) is 0 Å². The van der Waals surface area contributed by atoms with Crippen molar-refractivity contribution < 1.29 is 24.5 Å². The lowest BCUT2D eigenvalue weighted by molar-refractivity contribution is -0.131. The molecule has 4 N–H and O–H groups in total. The molecule has 140 valence electrons. The lowest BCUT2D eigenvalue weighted by Crippen LogP contribution is -2.51. The van der Waals surface area contributed by atoms with E-state index in [-0.39, 0.29) is 12.3 Å². The highest BCUT2D eigenvalue weighted by atomic mass is 19.1. The Bertz CT molecular complexity index is 570. The first-order chi connectivity index (χ1) is 11.8. The van der Waals surface area contributed by atoms with E-state index in [2.05, 4.69) is 5.32 Å². The van der Waals surface area contributed by atoms with Crippen LogP contribution in [0.2, 0.25) is 0 Å². The number of hydrogen-bond donors (Lipinski definition) is 4. The summed E-state index contributed by atoms with van der Waals surface area (Å²) in [7, 11) is 0. The summed E-state index contributed by atoms with van der Waals surface area (Å²) in [5.41, 5.74) is 0.400. The van der Waals surface area contributed by atoms with Crippen molar-refractivity contribution in [2.24, 2.45) is 11.8 Å². The van der Waals surface area contributed by atoms with Gasteiger partial charge in [-0.3, -0.25) is 4.79 Å². The fraction of sp³-hybridized carbons (Fsp3) is 0.632. The third-order valence-electron chi connectivity index (χ3n) is 4.83. The van der Waals surface area contributed by atoms with E-state index < -0.39 is 42.0 Å². The highest BCUT2D eigenvalue weighted by molar-refractivity contribution is 5.80. The normalized spacial score (nSPS) is 23.6. The number of halogens is 1. The van der Waals surface area contributed by atoms with E-state index in [1.54, 1.807) is 18.2 Å². The second kappa shape index (κ2) is 8.74. The number of carbonyl (C=O) groups is 1. The molecule has 0 saturated heterocycles. The molecule has 0 bridgehead atoms. The summed E-state index contributed by atoms with van der Waals surface area (Å²) in [6, 6.07) is 5.58. The van der Waals surface area contributed by atoms with E-state index in [0.717, 1.165) is 0 Å². The summed E-state index contributed by atoms with van der Waals surface area (Å²) in [5, 5.41) is 33.2. The van der Waals surface area contributed by atoms with Crippen LogP contribution in [0, 0.1) is 17.7 Å². The third kappa shape index (κ3) is 5.23. The first-order valence-electron chi connectivity index (χ1n) is 8.87. The number of rotatable bonds is 7. The van der Waals surface area contributed by atoms with Gasteiger partial charge < -0.3 is 20.6 Å². The highest BCUT2D eigenvalue weighted by Gasteiger charge is 2.40. The number of benzene rings is 1. The van der Waals surface area contributed by atoms with Gasteiger partial charge in [0.15, 0.2) is 0 Å². The molecule has 25 heavy (non-hydrogen) atoms. The van der Waals surface area contributed by atoms with Crippen LogP contribution < -0.4 is 5.32 Å². The Kier molecular flexibility index (Phi) is 6.93. The summed E-state index contributed by atoms with van der Waals surface area (Å²) in [6.45, 7) is 3.80. The van der Waals surface area contributed by atoms with Gasteiger partial charge in [-0.25, -0.2) is 4.39 Å². The van der Waals surface area contributed by atoms with Gasteiger partial charge in [0.05, 0.1) is 12.2 Å². The van der Waals surface area contributed by atoms with Gasteiger partial charge >= 0.3 is 0 Å². The van der Waals surface area contributed by atoms with Crippen LogP contribution in [-0.4, -0.2) is 45.6 Å². The standard InChI is InChI=1S/C19H28FNO4/c1-11(2)9-17(24)19(25)21-14(18-15(22)7-8-16(18)23)10-12-5-3-4-6-13(12)20/h3-6,11,14-18,22-24H,7-10H2,1-2H3,(H,21,25)/t14-,15-,16-,17?/m0/s1. The lowest BCUT2D eigenvalue weighted by Gasteiger charge is -2.30. The molecule has 1 saturated carbocycles. The van der Waals surface area contributed by atoms with Gasteiger partial charge in [-0.05, 0) is 43.2 Å². The van der Waals surface area contributed by atoms with Gasteiger partial charge in [0.2, 0.25) is 5.91 Å². The molecule has 1 aliphatic carbocycles. The van der Waals surface area contributed by atoms with Crippen LogP contribution in [0.3, 0.4) is 0 Å². The van der Waals surface area contributed by atoms with Crippen LogP contribution >= 0.6 is 0 Å². The van der Waals surface area contributed by atoms with E-state index in [1.807, 2.05) is 13.8 Å². The molecule has 1 aromatic carbocycles. The Morgan fingerprint density at radius 2 is 1.84 bits per heavy atom. The maximum absolute atomic E-state index is 14.0. The minimum atomic E-state index is -1.17. The number of aliphatic hydroxyl groups excluding tert-OH is 3. The van der Waals surface area contributed by atoms with E-state index in [1.165, 1.54) is 6.07 Å². The van der Waals surface area contributed by atoms with Crippen molar-refractivity contribution >= 4 is 5.91 Å². The number of hydrogen-bond acceptors (Lipinski definition) is 4.